The molecule has 0 bridgehead atoms. The van der Waals surface area contributed by atoms with Gasteiger partial charge in [-0.05, 0) is 36.3 Å². The molecule has 0 aromatic rings. The van der Waals surface area contributed by atoms with Crippen LogP contribution in [0, 0.1) is 11.3 Å². The summed E-state index contributed by atoms with van der Waals surface area (Å²) in [5.74, 6) is 1.86. The van der Waals surface area contributed by atoms with Gasteiger partial charge in [-0.15, -0.1) is 23.2 Å². The predicted octanol–water partition coefficient (Wildman–Crippen LogP) is 4.14. The van der Waals surface area contributed by atoms with Crippen molar-refractivity contribution in [3.05, 3.63) is 0 Å². The smallest absolute Gasteiger partial charge is 0.0458 e. The third-order valence-electron chi connectivity index (χ3n) is 3.78. The van der Waals surface area contributed by atoms with E-state index in [0.29, 0.717) is 27.3 Å². The van der Waals surface area contributed by atoms with Gasteiger partial charge in [0.15, 0.2) is 0 Å². The van der Waals surface area contributed by atoms with E-state index in [0.717, 1.165) is 12.8 Å². The van der Waals surface area contributed by atoms with Gasteiger partial charge in [0, 0.05) is 16.0 Å². The minimum Gasteiger partial charge on any atom is -0.157 e. The molecule has 14 heavy (non-hydrogen) atoms. The zero-order chi connectivity index (χ0) is 10.3. The van der Waals surface area contributed by atoms with Gasteiger partial charge in [0.2, 0.25) is 0 Å². The maximum absolute atomic E-state index is 6.47. The first kappa shape index (κ1) is 11.4. The van der Waals surface area contributed by atoms with E-state index in [2.05, 4.69) is 13.8 Å². The second-order valence-corrected chi connectivity index (χ2v) is 7.62. The van der Waals surface area contributed by atoms with Crippen molar-refractivity contribution in [2.75, 3.05) is 5.75 Å². The first-order valence-corrected chi connectivity index (χ1v) is 7.34. The van der Waals surface area contributed by atoms with Crippen LogP contribution in [-0.4, -0.2) is 21.8 Å². The Labute approximate surface area is 101 Å². The van der Waals surface area contributed by atoms with Gasteiger partial charge in [-0.3, -0.25) is 0 Å². The third-order valence-corrected chi connectivity index (χ3v) is 6.35. The normalized spacial score (nSPS) is 47.1. The number of rotatable bonds is 0. The number of hydrogen-bond donors (Lipinski definition) is 0. The molecule has 0 N–H and O–H groups in total. The van der Waals surface area contributed by atoms with Gasteiger partial charge in [0.1, 0.15) is 0 Å². The van der Waals surface area contributed by atoms with Gasteiger partial charge in [0.05, 0.1) is 0 Å². The first-order valence-electron chi connectivity index (χ1n) is 5.42. The van der Waals surface area contributed by atoms with Gasteiger partial charge < -0.3 is 0 Å². The largest absolute Gasteiger partial charge is 0.157 e. The van der Waals surface area contributed by atoms with E-state index in [4.69, 9.17) is 23.2 Å². The summed E-state index contributed by atoms with van der Waals surface area (Å²) in [6.45, 7) is 4.71. The molecule has 1 heterocycles. The summed E-state index contributed by atoms with van der Waals surface area (Å²) in [7, 11) is 0. The highest BCUT2D eigenvalue weighted by atomic mass is 35.5. The molecule has 0 radical (unpaired) electrons. The Morgan fingerprint density at radius 3 is 2.43 bits per heavy atom. The third kappa shape index (κ3) is 1.92. The van der Waals surface area contributed by atoms with Crippen LogP contribution in [-0.2, 0) is 0 Å². The van der Waals surface area contributed by atoms with Crippen LogP contribution in [0.4, 0.5) is 0 Å². The molecule has 1 saturated carbocycles. The molecular formula is C11H18Cl2S. The average Bonchev–Trinajstić information content (AvgIpc) is 2.10. The summed E-state index contributed by atoms with van der Waals surface area (Å²) in [5, 5.41) is 1.29. The molecule has 0 spiro atoms. The SMILES string of the molecule is CC1(C)CCSC2C(Cl)CCC(Cl)C21. The summed E-state index contributed by atoms with van der Waals surface area (Å²) in [6.07, 6.45) is 3.48. The van der Waals surface area contributed by atoms with Crippen molar-refractivity contribution in [3.8, 4) is 0 Å². The van der Waals surface area contributed by atoms with Gasteiger partial charge >= 0.3 is 0 Å². The molecule has 3 heteroatoms. The molecular weight excluding hydrogens is 235 g/mol. The first-order chi connectivity index (χ1) is 6.52. The van der Waals surface area contributed by atoms with Crippen LogP contribution in [0.2, 0.25) is 0 Å². The van der Waals surface area contributed by atoms with Crippen LogP contribution in [0.25, 0.3) is 0 Å². The highest BCUT2D eigenvalue weighted by molar-refractivity contribution is 8.00. The quantitative estimate of drug-likeness (QED) is 0.584. The monoisotopic (exact) mass is 252 g/mol. The maximum Gasteiger partial charge on any atom is 0.0458 e. The van der Waals surface area contributed by atoms with Gasteiger partial charge in [-0.2, -0.15) is 11.8 Å². The summed E-state index contributed by atoms with van der Waals surface area (Å²) in [6, 6.07) is 0. The van der Waals surface area contributed by atoms with E-state index in [-0.39, 0.29) is 0 Å². The molecule has 0 aromatic carbocycles. The van der Waals surface area contributed by atoms with Crippen LogP contribution < -0.4 is 0 Å². The Hall–Kier alpha value is 0.930. The van der Waals surface area contributed by atoms with Crippen molar-refractivity contribution in [1.29, 1.82) is 0 Å². The fourth-order valence-electron chi connectivity index (χ4n) is 2.86. The number of thioether (sulfide) groups is 1. The standard InChI is InChI=1S/C11H18Cl2S/c1-11(2)5-6-14-10-8(13)4-3-7(12)9(10)11/h7-10H,3-6H2,1-2H3. The summed E-state index contributed by atoms with van der Waals surface area (Å²) in [4.78, 5) is 0. The number of halogens is 2. The van der Waals surface area contributed by atoms with E-state index in [1.165, 1.54) is 12.2 Å². The molecule has 1 aliphatic carbocycles. The van der Waals surface area contributed by atoms with Crippen LogP contribution in [0.15, 0.2) is 0 Å². The fourth-order valence-corrected chi connectivity index (χ4v) is 6.10. The van der Waals surface area contributed by atoms with Crippen LogP contribution in [0.1, 0.15) is 33.1 Å². The summed E-state index contributed by atoms with van der Waals surface area (Å²) < 4.78 is 0. The van der Waals surface area contributed by atoms with Crippen molar-refractivity contribution >= 4 is 35.0 Å². The van der Waals surface area contributed by atoms with E-state index < -0.39 is 0 Å². The molecule has 0 amide bonds. The lowest BCUT2D eigenvalue weighted by atomic mass is 9.68. The minimum atomic E-state index is 0.345. The van der Waals surface area contributed by atoms with Gasteiger partial charge in [-0.1, -0.05) is 13.8 Å². The summed E-state index contributed by atoms with van der Waals surface area (Å²) in [5.41, 5.74) is 0.385. The number of fused-ring (bicyclic) bond motifs is 1. The highest BCUT2D eigenvalue weighted by Crippen LogP contribution is 2.52. The lowest BCUT2D eigenvalue weighted by molar-refractivity contribution is 0.158. The van der Waals surface area contributed by atoms with Gasteiger partial charge in [0.25, 0.3) is 0 Å². The van der Waals surface area contributed by atoms with Crippen LogP contribution in [0.5, 0.6) is 0 Å². The summed E-state index contributed by atoms with van der Waals surface area (Å²) >= 11 is 14.9. The van der Waals surface area contributed by atoms with Crippen molar-refractivity contribution in [1.82, 2.24) is 0 Å². The molecule has 82 valence electrons. The van der Waals surface area contributed by atoms with Crippen molar-refractivity contribution in [2.45, 2.75) is 49.1 Å². The second kappa shape index (κ2) is 4.07. The minimum absolute atomic E-state index is 0.345. The molecule has 1 aliphatic heterocycles. The molecule has 2 aliphatic rings. The molecule has 2 fully saturated rings. The zero-order valence-corrected chi connectivity index (χ0v) is 11.1. The number of alkyl halides is 2. The van der Waals surface area contributed by atoms with E-state index in [9.17, 15) is 0 Å². The predicted molar refractivity (Wildman–Crippen MR) is 66.7 cm³/mol. The fraction of sp³-hybridized carbons (Fsp3) is 1.00. The van der Waals surface area contributed by atoms with Crippen molar-refractivity contribution in [3.63, 3.8) is 0 Å². The van der Waals surface area contributed by atoms with Crippen LogP contribution >= 0.6 is 35.0 Å². The van der Waals surface area contributed by atoms with Crippen molar-refractivity contribution < 1.29 is 0 Å². The molecule has 0 nitrogen and oxygen atoms in total. The molecule has 4 atom stereocenters. The molecule has 2 rings (SSSR count). The maximum atomic E-state index is 6.47. The highest BCUT2D eigenvalue weighted by Gasteiger charge is 2.48. The van der Waals surface area contributed by atoms with Gasteiger partial charge in [-0.25, -0.2) is 0 Å². The Morgan fingerprint density at radius 1 is 1.14 bits per heavy atom. The molecule has 0 aromatic heterocycles. The van der Waals surface area contributed by atoms with E-state index in [1.54, 1.807) is 0 Å². The van der Waals surface area contributed by atoms with Crippen molar-refractivity contribution in [2.24, 2.45) is 11.3 Å². The van der Waals surface area contributed by atoms with E-state index in [1.807, 2.05) is 11.8 Å². The molecule has 4 unspecified atom stereocenters. The lowest BCUT2D eigenvalue weighted by Crippen LogP contribution is -2.49. The van der Waals surface area contributed by atoms with E-state index >= 15 is 0 Å². The van der Waals surface area contributed by atoms with Crippen LogP contribution in [0.3, 0.4) is 0 Å². The lowest BCUT2D eigenvalue weighted by Gasteiger charge is -2.50. The number of hydrogen-bond acceptors (Lipinski definition) is 1. The topological polar surface area (TPSA) is 0 Å². The Bertz CT molecular complexity index is 217. The molecule has 1 saturated heterocycles. The second-order valence-electron chi connectivity index (χ2n) is 5.21. The Morgan fingerprint density at radius 2 is 1.79 bits per heavy atom. The average molecular weight is 253 g/mol. The zero-order valence-electron chi connectivity index (χ0n) is 8.80. The Balaban J connectivity index is 2.21. The Kier molecular flexibility index (Phi) is 3.32.